The molecule has 0 aliphatic rings. The van der Waals surface area contributed by atoms with Crippen molar-refractivity contribution in [2.45, 2.75) is 13.8 Å². The van der Waals surface area contributed by atoms with Crippen LogP contribution in [0.25, 0.3) is 0 Å². The number of carbonyl (C=O) groups excluding carboxylic acids is 1. The van der Waals surface area contributed by atoms with Crippen LogP contribution in [0.1, 0.15) is 29.8 Å². The van der Waals surface area contributed by atoms with Crippen molar-refractivity contribution in [3.05, 3.63) is 27.7 Å². The van der Waals surface area contributed by atoms with Gasteiger partial charge in [-0.3, -0.25) is 4.79 Å². The second-order valence-electron chi connectivity index (χ2n) is 2.93. The van der Waals surface area contributed by atoms with E-state index in [-0.39, 0.29) is 5.78 Å². The molecule has 0 saturated heterocycles. The van der Waals surface area contributed by atoms with Gasteiger partial charge in [0.15, 0.2) is 5.78 Å². The number of benzene rings is 1. The minimum Gasteiger partial charge on any atom is -0.493 e. The molecule has 0 amide bonds. The molecule has 0 N–H and O–H groups in total. The Hall–Kier alpha value is -1.34. The highest BCUT2D eigenvalue weighted by molar-refractivity contribution is 9.10. The van der Waals surface area contributed by atoms with E-state index in [4.69, 9.17) is 10.00 Å². The third-order valence-electron chi connectivity index (χ3n) is 1.84. The first-order valence-corrected chi connectivity index (χ1v) is 5.26. The van der Waals surface area contributed by atoms with Crippen LogP contribution in [0.4, 0.5) is 0 Å². The Kier molecular flexibility index (Phi) is 3.87. The molecule has 0 unspecified atom stereocenters. The van der Waals surface area contributed by atoms with Crippen LogP contribution in [-0.2, 0) is 0 Å². The van der Waals surface area contributed by atoms with Gasteiger partial charge < -0.3 is 4.74 Å². The molecule has 0 heterocycles. The minimum absolute atomic E-state index is 0.0881. The van der Waals surface area contributed by atoms with Crippen LogP contribution in [0.15, 0.2) is 16.6 Å². The second kappa shape index (κ2) is 4.94. The number of hydrogen-bond donors (Lipinski definition) is 0. The Bertz CT molecular complexity index is 435. The van der Waals surface area contributed by atoms with Crippen LogP contribution in [0.3, 0.4) is 0 Å². The van der Waals surface area contributed by atoms with Gasteiger partial charge in [-0.05, 0) is 41.9 Å². The lowest BCUT2D eigenvalue weighted by atomic mass is 10.1. The van der Waals surface area contributed by atoms with E-state index in [0.717, 1.165) is 0 Å². The van der Waals surface area contributed by atoms with Gasteiger partial charge in [-0.1, -0.05) is 0 Å². The van der Waals surface area contributed by atoms with Gasteiger partial charge in [0.25, 0.3) is 0 Å². The Balaban J connectivity index is 3.36. The maximum absolute atomic E-state index is 11.4. The number of nitrogens with zero attached hydrogens (tertiary/aromatic N) is 1. The monoisotopic (exact) mass is 267 g/mol. The standard InChI is InChI=1S/C11H10BrNO2/c1-3-15-10-5-8(6-13)4-9(12)11(10)7(2)14/h4-5H,3H2,1-2H3. The molecule has 0 aliphatic carbocycles. The lowest BCUT2D eigenvalue weighted by molar-refractivity contribution is 0.101. The number of ether oxygens (including phenoxy) is 1. The highest BCUT2D eigenvalue weighted by Gasteiger charge is 2.14. The molecule has 3 nitrogen and oxygen atoms in total. The number of rotatable bonds is 3. The molecule has 0 bridgehead atoms. The van der Waals surface area contributed by atoms with Crippen LogP contribution in [0.2, 0.25) is 0 Å². The number of ketones is 1. The van der Waals surface area contributed by atoms with Gasteiger partial charge >= 0.3 is 0 Å². The predicted octanol–water partition coefficient (Wildman–Crippen LogP) is 2.92. The Morgan fingerprint density at radius 1 is 1.60 bits per heavy atom. The van der Waals surface area contributed by atoms with Crippen LogP contribution in [-0.4, -0.2) is 12.4 Å². The summed E-state index contributed by atoms with van der Waals surface area (Å²) in [5.74, 6) is 0.366. The summed E-state index contributed by atoms with van der Waals surface area (Å²) in [5.41, 5.74) is 0.950. The molecule has 1 aromatic rings. The molecule has 4 heteroatoms. The summed E-state index contributed by atoms with van der Waals surface area (Å²) in [6.07, 6.45) is 0. The van der Waals surface area contributed by atoms with Crippen molar-refractivity contribution in [2.24, 2.45) is 0 Å². The largest absolute Gasteiger partial charge is 0.493 e. The molecule has 1 rings (SSSR count). The first-order valence-electron chi connectivity index (χ1n) is 4.47. The molecular weight excluding hydrogens is 258 g/mol. The average Bonchev–Trinajstić information content (AvgIpc) is 2.16. The quantitative estimate of drug-likeness (QED) is 0.792. The summed E-state index contributed by atoms with van der Waals surface area (Å²) in [6.45, 7) is 3.76. The summed E-state index contributed by atoms with van der Waals surface area (Å²) in [5, 5.41) is 8.77. The minimum atomic E-state index is -0.0881. The summed E-state index contributed by atoms with van der Waals surface area (Å²) in [6, 6.07) is 5.20. The van der Waals surface area contributed by atoms with Gasteiger partial charge in [0, 0.05) is 4.47 Å². The van der Waals surface area contributed by atoms with E-state index in [2.05, 4.69) is 15.9 Å². The molecule has 1 aromatic carbocycles. The Labute approximate surface area is 96.8 Å². The fourth-order valence-electron chi connectivity index (χ4n) is 1.26. The number of carbonyl (C=O) groups is 1. The van der Waals surface area contributed by atoms with Gasteiger partial charge in [0.05, 0.1) is 23.8 Å². The molecule has 78 valence electrons. The second-order valence-corrected chi connectivity index (χ2v) is 3.79. The van der Waals surface area contributed by atoms with E-state index in [1.807, 2.05) is 13.0 Å². The van der Waals surface area contributed by atoms with Gasteiger partial charge in [-0.15, -0.1) is 0 Å². The van der Waals surface area contributed by atoms with Crippen molar-refractivity contribution in [1.82, 2.24) is 0 Å². The zero-order valence-corrected chi connectivity index (χ0v) is 10.1. The van der Waals surface area contributed by atoms with Crippen molar-refractivity contribution in [3.8, 4) is 11.8 Å². The first-order chi connectivity index (χ1) is 7.10. The fraction of sp³-hybridized carbons (Fsp3) is 0.273. The van der Waals surface area contributed by atoms with Crippen LogP contribution >= 0.6 is 15.9 Å². The lowest BCUT2D eigenvalue weighted by Crippen LogP contribution is -2.02. The molecule has 0 saturated carbocycles. The third kappa shape index (κ3) is 2.57. The summed E-state index contributed by atoms with van der Waals surface area (Å²) < 4.78 is 5.91. The fourth-order valence-corrected chi connectivity index (χ4v) is 1.98. The van der Waals surface area contributed by atoms with Crippen molar-refractivity contribution < 1.29 is 9.53 Å². The summed E-state index contributed by atoms with van der Waals surface area (Å²) in [4.78, 5) is 11.4. The van der Waals surface area contributed by atoms with Crippen LogP contribution in [0, 0.1) is 11.3 Å². The van der Waals surface area contributed by atoms with E-state index in [9.17, 15) is 4.79 Å². The van der Waals surface area contributed by atoms with Crippen molar-refractivity contribution >= 4 is 21.7 Å². The first kappa shape index (κ1) is 11.7. The molecule has 0 atom stereocenters. The SMILES string of the molecule is CCOc1cc(C#N)cc(Br)c1C(C)=O. The van der Waals surface area contributed by atoms with E-state index in [1.54, 1.807) is 12.1 Å². The predicted molar refractivity (Wildman–Crippen MR) is 60.0 cm³/mol. The molecular formula is C11H10BrNO2. The van der Waals surface area contributed by atoms with Gasteiger partial charge in [0.2, 0.25) is 0 Å². The zero-order chi connectivity index (χ0) is 11.4. The smallest absolute Gasteiger partial charge is 0.164 e. The van der Waals surface area contributed by atoms with E-state index in [0.29, 0.717) is 28.0 Å². The van der Waals surface area contributed by atoms with Gasteiger partial charge in [-0.25, -0.2) is 0 Å². The topological polar surface area (TPSA) is 50.1 Å². The zero-order valence-electron chi connectivity index (χ0n) is 8.50. The van der Waals surface area contributed by atoms with Crippen molar-refractivity contribution in [2.75, 3.05) is 6.61 Å². The molecule has 0 spiro atoms. The van der Waals surface area contributed by atoms with Gasteiger partial charge in [-0.2, -0.15) is 5.26 Å². The van der Waals surface area contributed by atoms with Crippen molar-refractivity contribution in [3.63, 3.8) is 0 Å². The number of Topliss-reactive ketones (excluding diaryl/α,β-unsaturated/α-hetero) is 1. The maximum atomic E-state index is 11.4. The van der Waals surface area contributed by atoms with Crippen molar-refractivity contribution in [1.29, 1.82) is 5.26 Å². The van der Waals surface area contributed by atoms with E-state index >= 15 is 0 Å². The number of hydrogen-bond acceptors (Lipinski definition) is 3. The van der Waals surface area contributed by atoms with Crippen LogP contribution in [0.5, 0.6) is 5.75 Å². The van der Waals surface area contributed by atoms with Crippen LogP contribution < -0.4 is 4.74 Å². The number of nitriles is 1. The Morgan fingerprint density at radius 3 is 2.73 bits per heavy atom. The highest BCUT2D eigenvalue weighted by Crippen LogP contribution is 2.29. The molecule has 0 aromatic heterocycles. The summed E-state index contributed by atoms with van der Waals surface area (Å²) in [7, 11) is 0. The maximum Gasteiger partial charge on any atom is 0.164 e. The molecule has 0 radical (unpaired) electrons. The normalized spacial score (nSPS) is 9.47. The summed E-state index contributed by atoms with van der Waals surface area (Å²) >= 11 is 3.26. The average molecular weight is 268 g/mol. The van der Waals surface area contributed by atoms with E-state index in [1.165, 1.54) is 6.92 Å². The third-order valence-corrected chi connectivity index (χ3v) is 2.46. The highest BCUT2D eigenvalue weighted by atomic mass is 79.9. The number of halogens is 1. The Morgan fingerprint density at radius 2 is 2.27 bits per heavy atom. The molecule has 15 heavy (non-hydrogen) atoms. The lowest BCUT2D eigenvalue weighted by Gasteiger charge is -2.09. The molecule has 0 aliphatic heterocycles. The van der Waals surface area contributed by atoms with E-state index < -0.39 is 0 Å². The van der Waals surface area contributed by atoms with Gasteiger partial charge in [0.1, 0.15) is 5.75 Å². The molecule has 0 fully saturated rings.